The summed E-state index contributed by atoms with van der Waals surface area (Å²) in [6, 6.07) is 1.77. The summed E-state index contributed by atoms with van der Waals surface area (Å²) in [6.45, 7) is 4.23. The van der Waals surface area contributed by atoms with Gasteiger partial charge in [-0.05, 0) is 26.2 Å². The second kappa shape index (κ2) is 4.47. The summed E-state index contributed by atoms with van der Waals surface area (Å²) in [7, 11) is -3.44. The predicted molar refractivity (Wildman–Crippen MR) is 57.3 cm³/mol. The van der Waals surface area contributed by atoms with E-state index in [9.17, 15) is 8.42 Å². The van der Waals surface area contributed by atoms with Gasteiger partial charge in [-0.15, -0.1) is 0 Å². The number of hydrogen-bond donors (Lipinski definition) is 1. The van der Waals surface area contributed by atoms with Crippen molar-refractivity contribution in [3.63, 3.8) is 0 Å². The quantitative estimate of drug-likeness (QED) is 0.734. The van der Waals surface area contributed by atoms with Crippen molar-refractivity contribution < 1.29 is 8.42 Å². The van der Waals surface area contributed by atoms with E-state index in [0.717, 1.165) is 6.42 Å². The molecule has 1 fully saturated rings. The molecule has 2 N–H and O–H groups in total. The van der Waals surface area contributed by atoms with Crippen LogP contribution < -0.4 is 5.73 Å². The molecule has 0 aromatic heterocycles. The number of nitrogens with zero attached hydrogens (tertiary/aromatic N) is 2. The summed E-state index contributed by atoms with van der Waals surface area (Å²) in [5, 5.41) is 7.66. The average Bonchev–Trinajstić information content (AvgIpc) is 2.65. The Morgan fingerprint density at radius 3 is 2.53 bits per heavy atom. The van der Waals surface area contributed by atoms with E-state index < -0.39 is 15.3 Å². The van der Waals surface area contributed by atoms with Gasteiger partial charge in [-0.3, -0.25) is 0 Å². The van der Waals surface area contributed by atoms with Gasteiger partial charge in [0.2, 0.25) is 10.0 Å². The Labute approximate surface area is 90.9 Å². The van der Waals surface area contributed by atoms with Gasteiger partial charge in [0.25, 0.3) is 0 Å². The molecule has 1 aliphatic rings. The molecule has 1 saturated heterocycles. The fourth-order valence-corrected chi connectivity index (χ4v) is 3.04. The summed E-state index contributed by atoms with van der Waals surface area (Å²) in [5.41, 5.74) is 5.73. The molecular formula is C9H17N3O2S. The van der Waals surface area contributed by atoms with Gasteiger partial charge in [0.1, 0.15) is 0 Å². The highest BCUT2D eigenvalue weighted by Crippen LogP contribution is 2.23. The molecule has 86 valence electrons. The lowest BCUT2D eigenvalue weighted by atomic mass is 10.0. The zero-order valence-electron chi connectivity index (χ0n) is 9.05. The van der Waals surface area contributed by atoms with Crippen molar-refractivity contribution in [2.45, 2.75) is 31.6 Å². The van der Waals surface area contributed by atoms with E-state index >= 15 is 0 Å². The lowest BCUT2D eigenvalue weighted by molar-refractivity contribution is 0.427. The van der Waals surface area contributed by atoms with Gasteiger partial charge < -0.3 is 5.73 Å². The third kappa shape index (κ3) is 2.48. The highest BCUT2D eigenvalue weighted by atomic mass is 32.2. The van der Waals surface area contributed by atoms with E-state index in [1.807, 2.05) is 6.92 Å². The minimum Gasteiger partial charge on any atom is -0.328 e. The molecular weight excluding hydrogens is 214 g/mol. The smallest absolute Gasteiger partial charge is 0.230 e. The van der Waals surface area contributed by atoms with Crippen LogP contribution in [0.3, 0.4) is 0 Å². The first-order valence-electron chi connectivity index (χ1n) is 5.03. The second-order valence-corrected chi connectivity index (χ2v) is 6.34. The third-order valence-corrected chi connectivity index (χ3v) is 4.97. The van der Waals surface area contributed by atoms with Crippen molar-refractivity contribution in [1.29, 1.82) is 5.26 Å². The van der Waals surface area contributed by atoms with E-state index in [2.05, 4.69) is 0 Å². The highest BCUT2D eigenvalue weighted by molar-refractivity contribution is 7.89. The van der Waals surface area contributed by atoms with Gasteiger partial charge >= 0.3 is 0 Å². The molecule has 0 bridgehead atoms. The molecule has 3 atom stereocenters. The Morgan fingerprint density at radius 2 is 2.13 bits per heavy atom. The number of rotatable bonds is 3. The van der Waals surface area contributed by atoms with E-state index in [0.29, 0.717) is 13.1 Å². The zero-order valence-corrected chi connectivity index (χ0v) is 9.87. The normalized spacial score (nSPS) is 27.2. The van der Waals surface area contributed by atoms with Crippen molar-refractivity contribution >= 4 is 10.0 Å². The van der Waals surface area contributed by atoms with Gasteiger partial charge in [0.15, 0.2) is 5.25 Å². The van der Waals surface area contributed by atoms with Gasteiger partial charge in [-0.1, -0.05) is 0 Å². The Morgan fingerprint density at radius 1 is 1.53 bits per heavy atom. The standard InChI is InChI=1S/C9H17N3O2S/c1-7(5-10)15(13,14)12-4-3-9(6-12)8(2)11/h7-9H,3-4,6,11H2,1-2H3. The Kier molecular flexibility index (Phi) is 3.71. The summed E-state index contributed by atoms with van der Waals surface area (Å²) in [4.78, 5) is 0. The van der Waals surface area contributed by atoms with Crippen molar-refractivity contribution in [1.82, 2.24) is 4.31 Å². The molecule has 0 spiro atoms. The van der Waals surface area contributed by atoms with Crippen LogP contribution in [0.1, 0.15) is 20.3 Å². The molecule has 5 nitrogen and oxygen atoms in total. The number of nitriles is 1. The average molecular weight is 231 g/mol. The first-order valence-corrected chi connectivity index (χ1v) is 6.54. The van der Waals surface area contributed by atoms with Crippen LogP contribution in [0.5, 0.6) is 0 Å². The van der Waals surface area contributed by atoms with Gasteiger partial charge in [0.05, 0.1) is 6.07 Å². The number of sulfonamides is 1. The van der Waals surface area contributed by atoms with Gasteiger partial charge in [0, 0.05) is 19.1 Å². The molecule has 1 aliphatic heterocycles. The molecule has 1 rings (SSSR count). The minimum atomic E-state index is -3.44. The predicted octanol–water partition coefficient (Wildman–Crippen LogP) is -0.103. The SMILES string of the molecule is CC(N)C1CCN(S(=O)(=O)C(C)C#N)C1. The summed E-state index contributed by atoms with van der Waals surface area (Å²) < 4.78 is 25.0. The molecule has 0 aromatic rings. The van der Waals surface area contributed by atoms with Crippen molar-refractivity contribution in [3.05, 3.63) is 0 Å². The molecule has 1 heterocycles. The summed E-state index contributed by atoms with van der Waals surface area (Å²) >= 11 is 0. The van der Waals surface area contributed by atoms with Crippen molar-refractivity contribution in [2.75, 3.05) is 13.1 Å². The lowest BCUT2D eigenvalue weighted by Gasteiger charge is -2.18. The van der Waals surface area contributed by atoms with Crippen LogP contribution in [0.25, 0.3) is 0 Å². The lowest BCUT2D eigenvalue weighted by Crippen LogP contribution is -2.37. The van der Waals surface area contributed by atoms with Crippen LogP contribution in [0.15, 0.2) is 0 Å². The molecule has 0 amide bonds. The Hall–Kier alpha value is -0.640. The van der Waals surface area contributed by atoms with E-state index in [1.165, 1.54) is 11.2 Å². The fourth-order valence-electron chi connectivity index (χ4n) is 1.70. The fraction of sp³-hybridized carbons (Fsp3) is 0.889. The van der Waals surface area contributed by atoms with Crippen LogP contribution in [0.2, 0.25) is 0 Å². The zero-order chi connectivity index (χ0) is 11.6. The maximum Gasteiger partial charge on any atom is 0.230 e. The molecule has 0 saturated carbocycles. The maximum absolute atomic E-state index is 11.8. The maximum atomic E-state index is 11.8. The van der Waals surface area contributed by atoms with E-state index in [4.69, 9.17) is 11.0 Å². The number of nitrogens with two attached hydrogens (primary N) is 1. The largest absolute Gasteiger partial charge is 0.328 e. The highest BCUT2D eigenvalue weighted by Gasteiger charge is 2.35. The molecule has 0 radical (unpaired) electrons. The molecule has 3 unspecified atom stereocenters. The van der Waals surface area contributed by atoms with Crippen molar-refractivity contribution in [3.8, 4) is 6.07 Å². The minimum absolute atomic E-state index is 0.00240. The van der Waals surface area contributed by atoms with Crippen LogP contribution in [-0.4, -0.2) is 37.1 Å². The third-order valence-electron chi connectivity index (χ3n) is 2.92. The molecule has 0 aliphatic carbocycles. The summed E-state index contributed by atoms with van der Waals surface area (Å²) in [6.07, 6.45) is 0.787. The van der Waals surface area contributed by atoms with Crippen LogP contribution >= 0.6 is 0 Å². The topological polar surface area (TPSA) is 87.2 Å². The van der Waals surface area contributed by atoms with Gasteiger partial charge in [-0.2, -0.15) is 5.26 Å². The first kappa shape index (κ1) is 12.4. The number of hydrogen-bond acceptors (Lipinski definition) is 4. The van der Waals surface area contributed by atoms with Crippen LogP contribution in [0.4, 0.5) is 0 Å². The molecule has 6 heteroatoms. The molecule has 0 aromatic carbocycles. The van der Waals surface area contributed by atoms with Crippen LogP contribution in [0, 0.1) is 17.2 Å². The Bertz CT molecular complexity index is 358. The van der Waals surface area contributed by atoms with Crippen molar-refractivity contribution in [2.24, 2.45) is 11.7 Å². The van der Waals surface area contributed by atoms with Crippen LogP contribution in [-0.2, 0) is 10.0 Å². The first-order chi connectivity index (χ1) is 6.89. The van der Waals surface area contributed by atoms with E-state index in [-0.39, 0.29) is 12.0 Å². The van der Waals surface area contributed by atoms with Gasteiger partial charge in [-0.25, -0.2) is 12.7 Å². The molecule has 15 heavy (non-hydrogen) atoms. The summed E-state index contributed by atoms with van der Waals surface area (Å²) in [5.74, 6) is 0.214. The van der Waals surface area contributed by atoms with E-state index in [1.54, 1.807) is 6.07 Å². The second-order valence-electron chi connectivity index (χ2n) is 4.08. The monoisotopic (exact) mass is 231 g/mol. The Balaban J connectivity index is 2.74.